The van der Waals surface area contributed by atoms with Gasteiger partial charge in [0.15, 0.2) is 0 Å². The number of aldehydes is 1. The van der Waals surface area contributed by atoms with E-state index in [1.54, 1.807) is 0 Å². The Bertz CT molecular complexity index is 373. The molecule has 1 aromatic carbocycles. The van der Waals surface area contributed by atoms with Crippen LogP contribution in [0.2, 0.25) is 0 Å². The maximum atomic E-state index is 13.1. The highest BCUT2D eigenvalue weighted by Crippen LogP contribution is 2.18. The van der Waals surface area contributed by atoms with Crippen LogP contribution in [-0.2, 0) is 4.74 Å². The molecule has 0 bridgehead atoms. The van der Waals surface area contributed by atoms with Gasteiger partial charge in [-0.05, 0) is 18.6 Å². The predicted octanol–water partition coefficient (Wildman–Crippen LogP) is 2.05. The van der Waals surface area contributed by atoms with E-state index in [-0.39, 0.29) is 5.56 Å². The fourth-order valence-electron chi connectivity index (χ4n) is 1.66. The van der Waals surface area contributed by atoms with Crippen LogP contribution in [0.4, 0.5) is 4.39 Å². The molecule has 3 nitrogen and oxygen atoms in total. The van der Waals surface area contributed by atoms with Gasteiger partial charge >= 0.3 is 0 Å². The second kappa shape index (κ2) is 5.07. The minimum absolute atomic E-state index is 0.290. The van der Waals surface area contributed by atoms with Gasteiger partial charge in [-0.3, -0.25) is 4.79 Å². The third-order valence-electron chi connectivity index (χ3n) is 2.54. The van der Waals surface area contributed by atoms with E-state index in [0.29, 0.717) is 31.2 Å². The maximum absolute atomic E-state index is 13.1. The van der Waals surface area contributed by atoms with Gasteiger partial charge in [0.1, 0.15) is 17.9 Å². The Morgan fingerprint density at radius 1 is 1.50 bits per heavy atom. The van der Waals surface area contributed by atoms with Crippen LogP contribution in [0.1, 0.15) is 16.8 Å². The molecule has 0 aromatic heterocycles. The number of rotatable bonds is 4. The van der Waals surface area contributed by atoms with Gasteiger partial charge in [-0.25, -0.2) is 4.39 Å². The Balaban J connectivity index is 1.97. The van der Waals surface area contributed by atoms with Gasteiger partial charge in [0.05, 0.1) is 13.2 Å². The first kappa shape index (κ1) is 11.1. The third-order valence-corrected chi connectivity index (χ3v) is 2.54. The van der Waals surface area contributed by atoms with Crippen molar-refractivity contribution in [3.8, 4) is 5.75 Å². The monoisotopic (exact) mass is 224 g/mol. The molecule has 1 unspecified atom stereocenters. The summed E-state index contributed by atoms with van der Waals surface area (Å²) in [6.07, 6.45) is 1.57. The number of ether oxygens (including phenoxy) is 2. The Kier molecular flexibility index (Phi) is 3.51. The lowest BCUT2D eigenvalue weighted by molar-refractivity contribution is 0.112. The standard InChI is InChI=1S/C12H13FO3/c13-11-3-10(6-14)4-12(5-11)16-8-9-1-2-15-7-9/h3-6,9H,1-2,7-8H2. The van der Waals surface area contributed by atoms with Crippen molar-refractivity contribution in [3.63, 3.8) is 0 Å². The Hall–Kier alpha value is -1.42. The van der Waals surface area contributed by atoms with E-state index >= 15 is 0 Å². The summed E-state index contributed by atoms with van der Waals surface area (Å²) in [5.41, 5.74) is 0.290. The Morgan fingerprint density at radius 2 is 2.38 bits per heavy atom. The smallest absolute Gasteiger partial charge is 0.150 e. The van der Waals surface area contributed by atoms with E-state index in [1.165, 1.54) is 18.2 Å². The van der Waals surface area contributed by atoms with Crippen LogP contribution in [0, 0.1) is 11.7 Å². The molecule has 4 heteroatoms. The van der Waals surface area contributed by atoms with Crippen LogP contribution >= 0.6 is 0 Å². The van der Waals surface area contributed by atoms with Gasteiger partial charge in [-0.15, -0.1) is 0 Å². The van der Waals surface area contributed by atoms with Gasteiger partial charge in [0, 0.05) is 24.2 Å². The molecule has 0 amide bonds. The molecule has 1 heterocycles. The van der Waals surface area contributed by atoms with Crippen molar-refractivity contribution in [2.75, 3.05) is 19.8 Å². The molecule has 0 spiro atoms. The van der Waals surface area contributed by atoms with E-state index in [0.717, 1.165) is 13.0 Å². The molecule has 86 valence electrons. The normalized spacial score (nSPS) is 19.7. The van der Waals surface area contributed by atoms with Gasteiger partial charge < -0.3 is 9.47 Å². The first-order valence-corrected chi connectivity index (χ1v) is 5.24. The van der Waals surface area contributed by atoms with E-state index in [9.17, 15) is 9.18 Å². The topological polar surface area (TPSA) is 35.5 Å². The van der Waals surface area contributed by atoms with Crippen molar-refractivity contribution in [2.24, 2.45) is 5.92 Å². The average molecular weight is 224 g/mol. The predicted molar refractivity (Wildman–Crippen MR) is 56.2 cm³/mol. The van der Waals surface area contributed by atoms with Crippen molar-refractivity contribution in [1.82, 2.24) is 0 Å². The molecule has 0 radical (unpaired) electrons. The number of benzene rings is 1. The minimum atomic E-state index is -0.456. The largest absolute Gasteiger partial charge is 0.493 e. The molecule has 1 aliphatic heterocycles. The van der Waals surface area contributed by atoms with Crippen LogP contribution in [0.15, 0.2) is 18.2 Å². The van der Waals surface area contributed by atoms with Gasteiger partial charge in [0.25, 0.3) is 0 Å². The zero-order chi connectivity index (χ0) is 11.4. The molecule has 16 heavy (non-hydrogen) atoms. The zero-order valence-electron chi connectivity index (χ0n) is 8.82. The molecule has 1 fully saturated rings. The SMILES string of the molecule is O=Cc1cc(F)cc(OCC2CCOC2)c1. The van der Waals surface area contributed by atoms with E-state index in [1.807, 2.05) is 0 Å². The summed E-state index contributed by atoms with van der Waals surface area (Å²) in [4.78, 5) is 10.5. The number of hydrogen-bond acceptors (Lipinski definition) is 3. The van der Waals surface area contributed by atoms with Crippen molar-refractivity contribution >= 4 is 6.29 Å². The van der Waals surface area contributed by atoms with Crippen LogP contribution in [0.3, 0.4) is 0 Å². The summed E-state index contributed by atoms with van der Waals surface area (Å²) in [6, 6.07) is 3.99. The van der Waals surface area contributed by atoms with E-state index < -0.39 is 5.82 Å². The quantitative estimate of drug-likeness (QED) is 0.734. The summed E-state index contributed by atoms with van der Waals surface area (Å²) >= 11 is 0. The minimum Gasteiger partial charge on any atom is -0.493 e. The van der Waals surface area contributed by atoms with E-state index in [2.05, 4.69) is 0 Å². The molecule has 1 saturated heterocycles. The summed E-state index contributed by atoms with van der Waals surface area (Å²) < 4.78 is 23.7. The number of hydrogen-bond donors (Lipinski definition) is 0. The first-order valence-electron chi connectivity index (χ1n) is 5.24. The van der Waals surface area contributed by atoms with Crippen LogP contribution in [0.25, 0.3) is 0 Å². The fourth-order valence-corrected chi connectivity index (χ4v) is 1.66. The van der Waals surface area contributed by atoms with Crippen LogP contribution in [0.5, 0.6) is 5.75 Å². The molecule has 0 aliphatic carbocycles. The lowest BCUT2D eigenvalue weighted by atomic mass is 10.1. The molecule has 0 N–H and O–H groups in total. The van der Waals surface area contributed by atoms with Crippen molar-refractivity contribution in [1.29, 1.82) is 0 Å². The zero-order valence-corrected chi connectivity index (χ0v) is 8.82. The lowest BCUT2D eigenvalue weighted by Gasteiger charge is -2.10. The number of carbonyl (C=O) groups excluding carboxylic acids is 1. The van der Waals surface area contributed by atoms with Gasteiger partial charge in [-0.2, -0.15) is 0 Å². The second-order valence-corrected chi connectivity index (χ2v) is 3.88. The highest BCUT2D eigenvalue weighted by molar-refractivity contribution is 5.75. The fraction of sp³-hybridized carbons (Fsp3) is 0.417. The Morgan fingerprint density at radius 3 is 3.06 bits per heavy atom. The third kappa shape index (κ3) is 2.79. The van der Waals surface area contributed by atoms with Gasteiger partial charge in [0.2, 0.25) is 0 Å². The molecule has 1 aliphatic rings. The van der Waals surface area contributed by atoms with Crippen molar-refractivity contribution < 1.29 is 18.7 Å². The summed E-state index contributed by atoms with van der Waals surface area (Å²) in [6.45, 7) is 1.95. The van der Waals surface area contributed by atoms with Gasteiger partial charge in [-0.1, -0.05) is 0 Å². The molecule has 1 atom stereocenters. The molecular formula is C12H13FO3. The lowest BCUT2D eigenvalue weighted by Crippen LogP contribution is -2.11. The summed E-state index contributed by atoms with van der Waals surface area (Å²) in [5, 5.41) is 0. The summed E-state index contributed by atoms with van der Waals surface area (Å²) in [5.74, 6) is 0.305. The van der Waals surface area contributed by atoms with Crippen LogP contribution in [-0.4, -0.2) is 26.1 Å². The van der Waals surface area contributed by atoms with E-state index in [4.69, 9.17) is 9.47 Å². The second-order valence-electron chi connectivity index (χ2n) is 3.88. The molecular weight excluding hydrogens is 211 g/mol. The van der Waals surface area contributed by atoms with Crippen LogP contribution < -0.4 is 4.74 Å². The van der Waals surface area contributed by atoms with Crippen molar-refractivity contribution in [3.05, 3.63) is 29.6 Å². The molecule has 0 saturated carbocycles. The first-order chi connectivity index (χ1) is 7.78. The highest BCUT2D eigenvalue weighted by Gasteiger charge is 2.16. The Labute approximate surface area is 93.2 Å². The maximum Gasteiger partial charge on any atom is 0.150 e. The number of carbonyl (C=O) groups is 1. The average Bonchev–Trinajstić information content (AvgIpc) is 2.78. The van der Waals surface area contributed by atoms with Crippen molar-refractivity contribution in [2.45, 2.75) is 6.42 Å². The number of halogens is 1. The molecule has 1 aromatic rings. The highest BCUT2D eigenvalue weighted by atomic mass is 19.1. The summed E-state index contributed by atoms with van der Waals surface area (Å²) in [7, 11) is 0. The molecule has 2 rings (SSSR count).